The normalized spacial score (nSPS) is 10.3. The molecule has 0 aliphatic carbocycles. The summed E-state index contributed by atoms with van der Waals surface area (Å²) in [6.45, 7) is 1.85. The Bertz CT molecular complexity index is 514. The third kappa shape index (κ3) is 2.93. The molecule has 1 heterocycles. The van der Waals surface area contributed by atoms with Crippen molar-refractivity contribution in [3.05, 3.63) is 46.9 Å². The van der Waals surface area contributed by atoms with Crippen LogP contribution in [0.5, 0.6) is 11.6 Å². The van der Waals surface area contributed by atoms with Crippen LogP contribution in [0.3, 0.4) is 0 Å². The van der Waals surface area contributed by atoms with Gasteiger partial charge in [-0.25, -0.2) is 4.98 Å². The molecule has 1 N–H and O–H groups in total. The van der Waals surface area contributed by atoms with Gasteiger partial charge in [0.05, 0.1) is 6.61 Å². The van der Waals surface area contributed by atoms with Crippen LogP contribution in [0.15, 0.2) is 30.5 Å². The van der Waals surface area contributed by atoms with Crippen LogP contribution in [0.1, 0.15) is 11.1 Å². The molecule has 0 atom stereocenters. The van der Waals surface area contributed by atoms with E-state index in [0.29, 0.717) is 11.6 Å². The molecule has 1 aromatic carbocycles. The lowest BCUT2D eigenvalue weighted by atomic mass is 10.2. The fraction of sp³-hybridized carbons (Fsp3) is 0.167. The van der Waals surface area contributed by atoms with E-state index >= 15 is 0 Å². The highest BCUT2D eigenvalue weighted by molar-refractivity contribution is 6.28. The number of aromatic nitrogens is 2. The van der Waals surface area contributed by atoms with Crippen molar-refractivity contribution in [3.63, 3.8) is 0 Å². The summed E-state index contributed by atoms with van der Waals surface area (Å²) < 4.78 is 5.57. The zero-order valence-electron chi connectivity index (χ0n) is 9.22. The van der Waals surface area contributed by atoms with Crippen LogP contribution >= 0.6 is 11.6 Å². The van der Waals surface area contributed by atoms with Gasteiger partial charge in [0, 0.05) is 11.8 Å². The quantitative estimate of drug-likeness (QED) is 0.851. The zero-order valence-corrected chi connectivity index (χ0v) is 9.98. The first-order chi connectivity index (χ1) is 8.19. The molecule has 0 aliphatic rings. The maximum atomic E-state index is 8.92. The average molecular weight is 251 g/mol. The summed E-state index contributed by atoms with van der Waals surface area (Å²) in [7, 11) is 0. The van der Waals surface area contributed by atoms with Crippen LogP contribution in [0.25, 0.3) is 0 Å². The minimum absolute atomic E-state index is 0.0125. The van der Waals surface area contributed by atoms with Crippen molar-refractivity contribution in [2.45, 2.75) is 13.5 Å². The summed E-state index contributed by atoms with van der Waals surface area (Å²) in [5.74, 6) is 1.07. The summed E-state index contributed by atoms with van der Waals surface area (Å²) in [6, 6.07) is 7.10. The first kappa shape index (κ1) is 11.8. The molecule has 0 spiro atoms. The van der Waals surface area contributed by atoms with Crippen LogP contribution in [0, 0.1) is 6.92 Å². The Morgan fingerprint density at radius 2 is 2.00 bits per heavy atom. The molecule has 0 unspecified atom stereocenters. The van der Waals surface area contributed by atoms with Crippen molar-refractivity contribution in [1.29, 1.82) is 0 Å². The monoisotopic (exact) mass is 250 g/mol. The van der Waals surface area contributed by atoms with Gasteiger partial charge in [0.2, 0.25) is 11.2 Å². The zero-order chi connectivity index (χ0) is 12.3. The highest BCUT2D eigenvalue weighted by Crippen LogP contribution is 2.23. The number of hydrogen-bond acceptors (Lipinski definition) is 4. The van der Waals surface area contributed by atoms with Gasteiger partial charge in [-0.1, -0.05) is 12.1 Å². The van der Waals surface area contributed by atoms with E-state index in [-0.39, 0.29) is 11.9 Å². The van der Waals surface area contributed by atoms with E-state index in [4.69, 9.17) is 21.4 Å². The Balaban J connectivity index is 2.22. The summed E-state index contributed by atoms with van der Waals surface area (Å²) in [4.78, 5) is 7.84. The van der Waals surface area contributed by atoms with Crippen LogP contribution in [-0.2, 0) is 6.61 Å². The van der Waals surface area contributed by atoms with Crippen LogP contribution in [0.2, 0.25) is 5.28 Å². The minimum Gasteiger partial charge on any atom is -0.439 e. The Hall–Kier alpha value is -1.65. The molecule has 17 heavy (non-hydrogen) atoms. The fourth-order valence-electron chi connectivity index (χ4n) is 1.28. The summed E-state index contributed by atoms with van der Waals surface area (Å²) in [5.41, 5.74) is 1.63. The van der Waals surface area contributed by atoms with Gasteiger partial charge in [-0.05, 0) is 36.2 Å². The SMILES string of the molecule is Cc1cnc(Cl)nc1Oc1ccc(CO)cc1. The number of ether oxygens (including phenoxy) is 1. The van der Waals surface area contributed by atoms with Crippen LogP contribution in [-0.4, -0.2) is 15.1 Å². The van der Waals surface area contributed by atoms with Crippen molar-refractivity contribution in [2.75, 3.05) is 0 Å². The van der Waals surface area contributed by atoms with E-state index < -0.39 is 0 Å². The molecule has 88 valence electrons. The highest BCUT2D eigenvalue weighted by Gasteiger charge is 2.05. The molecule has 0 bridgehead atoms. The van der Waals surface area contributed by atoms with Crippen molar-refractivity contribution in [1.82, 2.24) is 9.97 Å². The van der Waals surface area contributed by atoms with Gasteiger partial charge < -0.3 is 9.84 Å². The second kappa shape index (κ2) is 5.12. The summed E-state index contributed by atoms with van der Waals surface area (Å²) in [6.07, 6.45) is 1.60. The van der Waals surface area contributed by atoms with E-state index in [9.17, 15) is 0 Å². The molecular weight excluding hydrogens is 240 g/mol. The van der Waals surface area contributed by atoms with Gasteiger partial charge in [0.15, 0.2) is 0 Å². The van der Waals surface area contributed by atoms with Crippen molar-refractivity contribution < 1.29 is 9.84 Å². The predicted molar refractivity (Wildman–Crippen MR) is 64.2 cm³/mol. The standard InChI is InChI=1S/C12H11ClN2O2/c1-8-6-14-12(13)15-11(8)17-10-4-2-9(7-16)3-5-10/h2-6,16H,7H2,1H3. The number of aliphatic hydroxyl groups excluding tert-OH is 1. The molecule has 5 heteroatoms. The number of aryl methyl sites for hydroxylation is 1. The molecule has 0 saturated heterocycles. The number of rotatable bonds is 3. The van der Waals surface area contributed by atoms with Gasteiger partial charge >= 0.3 is 0 Å². The lowest BCUT2D eigenvalue weighted by Crippen LogP contribution is -1.93. The lowest BCUT2D eigenvalue weighted by molar-refractivity contribution is 0.281. The topological polar surface area (TPSA) is 55.2 Å². The van der Waals surface area contributed by atoms with Gasteiger partial charge in [0.25, 0.3) is 0 Å². The Kier molecular flexibility index (Phi) is 3.56. The van der Waals surface area contributed by atoms with E-state index in [1.54, 1.807) is 30.5 Å². The number of nitrogens with zero attached hydrogens (tertiary/aromatic N) is 2. The maximum Gasteiger partial charge on any atom is 0.226 e. The Morgan fingerprint density at radius 1 is 1.29 bits per heavy atom. The van der Waals surface area contributed by atoms with Gasteiger partial charge in [-0.15, -0.1) is 0 Å². The number of hydrogen-bond donors (Lipinski definition) is 1. The first-order valence-corrected chi connectivity index (χ1v) is 5.43. The molecule has 2 aromatic rings. The molecule has 0 saturated carbocycles. The minimum atomic E-state index is 0.0125. The number of halogens is 1. The van der Waals surface area contributed by atoms with E-state index in [1.807, 2.05) is 6.92 Å². The molecule has 1 aromatic heterocycles. The average Bonchev–Trinajstić information content (AvgIpc) is 2.35. The third-order valence-electron chi connectivity index (χ3n) is 2.22. The van der Waals surface area contributed by atoms with Gasteiger partial charge in [-0.2, -0.15) is 4.98 Å². The van der Waals surface area contributed by atoms with Gasteiger partial charge in [-0.3, -0.25) is 0 Å². The third-order valence-corrected chi connectivity index (χ3v) is 2.40. The summed E-state index contributed by atoms with van der Waals surface area (Å²) >= 11 is 5.70. The molecule has 2 rings (SSSR count). The predicted octanol–water partition coefficient (Wildman–Crippen LogP) is 2.72. The molecular formula is C12H11ClN2O2. The molecule has 0 aliphatic heterocycles. The van der Waals surface area contributed by atoms with Crippen molar-refractivity contribution in [3.8, 4) is 11.6 Å². The summed E-state index contributed by atoms with van der Waals surface area (Å²) in [5, 5.41) is 9.07. The first-order valence-electron chi connectivity index (χ1n) is 5.06. The smallest absolute Gasteiger partial charge is 0.226 e. The maximum absolute atomic E-state index is 8.92. The van der Waals surface area contributed by atoms with E-state index in [0.717, 1.165) is 11.1 Å². The lowest BCUT2D eigenvalue weighted by Gasteiger charge is -2.07. The van der Waals surface area contributed by atoms with Gasteiger partial charge in [0.1, 0.15) is 5.75 Å². The Morgan fingerprint density at radius 3 is 2.65 bits per heavy atom. The van der Waals surface area contributed by atoms with E-state index in [1.165, 1.54) is 0 Å². The molecule has 0 amide bonds. The van der Waals surface area contributed by atoms with Crippen molar-refractivity contribution >= 4 is 11.6 Å². The highest BCUT2D eigenvalue weighted by atomic mass is 35.5. The Labute approximate surface area is 104 Å². The van der Waals surface area contributed by atoms with Crippen molar-refractivity contribution in [2.24, 2.45) is 0 Å². The number of aliphatic hydroxyl groups is 1. The molecule has 0 radical (unpaired) electrons. The second-order valence-corrected chi connectivity index (χ2v) is 3.87. The number of benzene rings is 1. The second-order valence-electron chi connectivity index (χ2n) is 3.53. The largest absolute Gasteiger partial charge is 0.439 e. The van der Waals surface area contributed by atoms with Crippen LogP contribution < -0.4 is 4.74 Å². The van der Waals surface area contributed by atoms with E-state index in [2.05, 4.69) is 9.97 Å². The van der Waals surface area contributed by atoms with Crippen LogP contribution in [0.4, 0.5) is 0 Å². The fourth-order valence-corrected chi connectivity index (χ4v) is 1.41. The molecule has 0 fully saturated rings. The molecule has 4 nitrogen and oxygen atoms in total.